The Morgan fingerprint density at radius 2 is 1.92 bits per heavy atom. The number of halogens is 1. The molecule has 0 radical (unpaired) electrons. The molecule has 1 aliphatic heterocycles. The predicted molar refractivity (Wildman–Crippen MR) is 82.9 cm³/mol. The van der Waals surface area contributed by atoms with Crippen LogP contribution in [0.4, 0.5) is 4.39 Å². The van der Waals surface area contributed by atoms with Crippen molar-refractivity contribution < 1.29 is 9.71 Å². The number of benzene rings is 1. The third-order valence-corrected chi connectivity index (χ3v) is 5.01. The molecule has 0 spiro atoms. The fourth-order valence-electron chi connectivity index (χ4n) is 3.91. The van der Waals surface area contributed by atoms with Crippen molar-refractivity contribution in [3.63, 3.8) is 0 Å². The summed E-state index contributed by atoms with van der Waals surface area (Å²) in [6, 6.07) is 12.0. The lowest BCUT2D eigenvalue weighted by atomic mass is 9.54. The highest BCUT2D eigenvalue weighted by atomic mass is 19.1. The quantitative estimate of drug-likeness (QED) is 0.759. The third kappa shape index (κ3) is 2.03. The van der Waals surface area contributed by atoms with E-state index < -0.39 is 23.1 Å². The second kappa shape index (κ2) is 5.89. The number of hydrogen-bond acceptors (Lipinski definition) is 4. The van der Waals surface area contributed by atoms with Gasteiger partial charge in [-0.25, -0.2) is 4.39 Å². The smallest absolute Gasteiger partial charge is 0.190 e. The highest BCUT2D eigenvalue weighted by Gasteiger charge is 2.58. The van der Waals surface area contributed by atoms with E-state index in [-0.39, 0.29) is 17.2 Å². The Bertz CT molecular complexity index is 837. The van der Waals surface area contributed by atoms with Crippen molar-refractivity contribution in [2.24, 2.45) is 17.3 Å². The van der Waals surface area contributed by atoms with E-state index in [2.05, 4.69) is 6.07 Å². The van der Waals surface area contributed by atoms with Gasteiger partial charge in [0, 0.05) is 11.8 Å². The molecule has 118 valence electrons. The zero-order valence-electron chi connectivity index (χ0n) is 12.8. The van der Waals surface area contributed by atoms with Gasteiger partial charge in [-0.3, -0.25) is 0 Å². The van der Waals surface area contributed by atoms with E-state index in [1.165, 1.54) is 6.07 Å². The first-order valence-electron chi connectivity index (χ1n) is 7.67. The van der Waals surface area contributed by atoms with Gasteiger partial charge in [0.05, 0.1) is 37.0 Å². The summed E-state index contributed by atoms with van der Waals surface area (Å²) in [7, 11) is 0. The standard InChI is InChI=1S/C18H14FN5/c19-15-4-2-1-3-12(15)16-14-8-24-6-5-11(14)13(7-20)17(23)18(16,9-21)10-22/h1-5,13-14,16,23-24H,6,8H2/p+1/t13-,14+,16+/m0/s1. The molecule has 0 bridgehead atoms. The fourth-order valence-corrected chi connectivity index (χ4v) is 3.91. The summed E-state index contributed by atoms with van der Waals surface area (Å²) in [5.74, 6) is -2.51. The molecule has 1 aliphatic carbocycles. The van der Waals surface area contributed by atoms with Crippen LogP contribution in [0.1, 0.15) is 11.5 Å². The molecule has 3 rings (SSSR count). The Balaban J connectivity index is 2.29. The lowest BCUT2D eigenvalue weighted by molar-refractivity contribution is -0.654. The number of fused-ring (bicyclic) bond motifs is 1. The maximum absolute atomic E-state index is 14.5. The SMILES string of the molecule is N#C[C@@H]1C(=N)C(C#N)(C#N)[C@H](c2ccccc2F)[C@@H]2C[NH2+]CC=C12. The van der Waals surface area contributed by atoms with E-state index in [0.717, 1.165) is 5.57 Å². The van der Waals surface area contributed by atoms with Crippen molar-refractivity contribution >= 4 is 5.71 Å². The Morgan fingerprint density at radius 1 is 1.21 bits per heavy atom. The van der Waals surface area contributed by atoms with Crippen LogP contribution in [0.3, 0.4) is 0 Å². The lowest BCUT2D eigenvalue weighted by Gasteiger charge is -2.44. The van der Waals surface area contributed by atoms with Gasteiger partial charge in [0.2, 0.25) is 0 Å². The molecule has 1 aromatic carbocycles. The molecule has 1 aromatic rings. The Kier molecular flexibility index (Phi) is 3.89. The van der Waals surface area contributed by atoms with Crippen molar-refractivity contribution in [1.82, 2.24) is 0 Å². The first-order chi connectivity index (χ1) is 11.6. The molecular weight excluding hydrogens is 305 g/mol. The molecule has 6 heteroatoms. The minimum Gasteiger partial charge on any atom is -0.342 e. The van der Waals surface area contributed by atoms with Gasteiger partial charge in [0.1, 0.15) is 11.7 Å². The average Bonchev–Trinajstić information content (AvgIpc) is 2.62. The van der Waals surface area contributed by atoms with Gasteiger partial charge in [0.25, 0.3) is 0 Å². The zero-order chi connectivity index (χ0) is 17.3. The molecule has 0 saturated heterocycles. The summed E-state index contributed by atoms with van der Waals surface area (Å²) >= 11 is 0. The van der Waals surface area contributed by atoms with Crippen molar-refractivity contribution in [2.45, 2.75) is 5.92 Å². The largest absolute Gasteiger partial charge is 0.342 e. The summed E-state index contributed by atoms with van der Waals surface area (Å²) in [4.78, 5) is 0. The van der Waals surface area contributed by atoms with Crippen molar-refractivity contribution in [3.05, 3.63) is 47.3 Å². The van der Waals surface area contributed by atoms with Gasteiger partial charge in [-0.05, 0) is 23.3 Å². The second-order valence-corrected chi connectivity index (χ2v) is 6.08. The van der Waals surface area contributed by atoms with Crippen LogP contribution in [0.5, 0.6) is 0 Å². The number of nitrogens with two attached hydrogens (primary N) is 1. The molecule has 1 heterocycles. The minimum atomic E-state index is -1.84. The number of nitriles is 3. The summed E-state index contributed by atoms with van der Waals surface area (Å²) in [6.45, 7) is 1.23. The van der Waals surface area contributed by atoms with Gasteiger partial charge in [-0.15, -0.1) is 0 Å². The first-order valence-corrected chi connectivity index (χ1v) is 7.67. The van der Waals surface area contributed by atoms with E-state index in [4.69, 9.17) is 5.41 Å². The zero-order valence-corrected chi connectivity index (χ0v) is 12.8. The van der Waals surface area contributed by atoms with Crippen molar-refractivity contribution in [1.29, 1.82) is 21.2 Å². The molecule has 1 saturated carbocycles. The van der Waals surface area contributed by atoms with Crippen LogP contribution in [0.25, 0.3) is 0 Å². The van der Waals surface area contributed by atoms with Gasteiger partial charge in [-0.1, -0.05) is 18.2 Å². The Labute approximate surface area is 139 Å². The third-order valence-electron chi connectivity index (χ3n) is 5.01. The predicted octanol–water partition coefficient (Wildman–Crippen LogP) is 1.24. The Hall–Kier alpha value is -3.01. The van der Waals surface area contributed by atoms with Gasteiger partial charge in [-0.2, -0.15) is 15.8 Å². The molecule has 3 N–H and O–H groups in total. The monoisotopic (exact) mass is 320 g/mol. The van der Waals surface area contributed by atoms with Crippen LogP contribution in [-0.2, 0) is 0 Å². The van der Waals surface area contributed by atoms with E-state index in [1.807, 2.05) is 23.5 Å². The van der Waals surface area contributed by atoms with Crippen LogP contribution >= 0.6 is 0 Å². The van der Waals surface area contributed by atoms with Gasteiger partial charge < -0.3 is 10.7 Å². The molecule has 1 fully saturated rings. The van der Waals surface area contributed by atoms with Gasteiger partial charge in [0.15, 0.2) is 5.41 Å². The number of nitrogens with one attached hydrogen (secondary N) is 1. The summed E-state index contributed by atoms with van der Waals surface area (Å²) < 4.78 is 14.5. The molecular formula is C18H15FN5+. The molecule has 0 aromatic heterocycles. The maximum atomic E-state index is 14.5. The molecule has 0 amide bonds. The molecule has 0 unspecified atom stereocenters. The van der Waals surface area contributed by atoms with Crippen molar-refractivity contribution in [3.8, 4) is 18.2 Å². The summed E-state index contributed by atoms with van der Waals surface area (Å²) in [5.41, 5.74) is -1.09. The molecule has 5 nitrogen and oxygen atoms in total. The normalized spacial score (nSPS) is 27.8. The molecule has 24 heavy (non-hydrogen) atoms. The van der Waals surface area contributed by atoms with E-state index in [9.17, 15) is 20.2 Å². The Morgan fingerprint density at radius 3 is 2.54 bits per heavy atom. The highest BCUT2D eigenvalue weighted by molar-refractivity contribution is 6.00. The number of quaternary nitrogens is 1. The van der Waals surface area contributed by atoms with Crippen LogP contribution < -0.4 is 5.32 Å². The average molecular weight is 320 g/mol. The van der Waals surface area contributed by atoms with Crippen molar-refractivity contribution in [2.75, 3.05) is 13.1 Å². The second-order valence-electron chi connectivity index (χ2n) is 6.08. The topological polar surface area (TPSA) is 112 Å². The van der Waals surface area contributed by atoms with Crippen LogP contribution in [-0.4, -0.2) is 18.8 Å². The van der Waals surface area contributed by atoms with E-state index in [1.54, 1.807) is 18.2 Å². The fraction of sp³-hybridized carbons (Fsp3) is 0.333. The maximum Gasteiger partial charge on any atom is 0.190 e. The summed E-state index contributed by atoms with van der Waals surface area (Å²) in [5, 5.41) is 39.4. The number of rotatable bonds is 1. The lowest BCUT2D eigenvalue weighted by Crippen LogP contribution is -2.87. The molecule has 3 atom stereocenters. The van der Waals surface area contributed by atoms with Crippen LogP contribution in [0.2, 0.25) is 0 Å². The van der Waals surface area contributed by atoms with Crippen LogP contribution in [0, 0.1) is 62.5 Å². The van der Waals surface area contributed by atoms with Crippen LogP contribution in [0.15, 0.2) is 35.9 Å². The highest BCUT2D eigenvalue weighted by Crippen LogP contribution is 2.52. The first kappa shape index (κ1) is 15.9. The van der Waals surface area contributed by atoms with E-state index in [0.29, 0.717) is 13.1 Å². The van der Waals surface area contributed by atoms with E-state index >= 15 is 0 Å². The minimum absolute atomic E-state index is 0.243. The molecule has 2 aliphatic rings. The summed E-state index contributed by atoms with van der Waals surface area (Å²) in [6.07, 6.45) is 1.88. The number of nitrogens with zero attached hydrogens (tertiary/aromatic N) is 3. The van der Waals surface area contributed by atoms with Gasteiger partial charge >= 0.3 is 0 Å². The number of hydrogen-bond donors (Lipinski definition) is 2.